The largest absolute Gasteiger partial charge is 0.325 e. The predicted octanol–water partition coefficient (Wildman–Crippen LogP) is 2.20. The molecule has 0 radical (unpaired) electrons. The quantitative estimate of drug-likeness (QED) is 0.717. The topological polar surface area (TPSA) is 89.3 Å². The van der Waals surface area contributed by atoms with Gasteiger partial charge >= 0.3 is 0 Å². The summed E-state index contributed by atoms with van der Waals surface area (Å²) < 4.78 is 1.78. The Kier molecular flexibility index (Phi) is 4.63. The summed E-state index contributed by atoms with van der Waals surface area (Å²) in [4.78, 5) is 24.2. The molecule has 7 nitrogen and oxygen atoms in total. The van der Waals surface area contributed by atoms with Crippen LogP contribution in [0.15, 0.2) is 27.5 Å². The third-order valence-corrected chi connectivity index (χ3v) is 5.36. The van der Waals surface area contributed by atoms with Crippen molar-refractivity contribution >= 4 is 39.7 Å². The Morgan fingerprint density at radius 3 is 2.67 bits per heavy atom. The molecule has 0 aliphatic heterocycles. The van der Waals surface area contributed by atoms with Crippen molar-refractivity contribution in [2.45, 2.75) is 25.1 Å². The first-order chi connectivity index (χ1) is 11.4. The summed E-state index contributed by atoms with van der Waals surface area (Å²) >= 11 is 2.49. The molecule has 2 aromatic heterocycles. The molecule has 0 saturated heterocycles. The molecule has 0 saturated carbocycles. The van der Waals surface area contributed by atoms with Gasteiger partial charge in [0, 0.05) is 5.69 Å². The highest BCUT2D eigenvalue weighted by Crippen LogP contribution is 2.25. The lowest BCUT2D eigenvalue weighted by Gasteiger charge is -2.12. The minimum atomic E-state index is -0.335. The first-order valence-electron chi connectivity index (χ1n) is 7.16. The van der Waals surface area contributed by atoms with Gasteiger partial charge in [-0.3, -0.25) is 9.59 Å². The van der Waals surface area contributed by atoms with Crippen LogP contribution in [0.25, 0.3) is 4.96 Å². The van der Waals surface area contributed by atoms with Crippen molar-refractivity contribution < 1.29 is 4.79 Å². The molecule has 2 heterocycles. The van der Waals surface area contributed by atoms with Crippen LogP contribution in [0.5, 0.6) is 0 Å². The molecule has 9 heteroatoms. The van der Waals surface area contributed by atoms with Crippen LogP contribution in [0, 0.1) is 20.8 Å². The molecule has 0 aliphatic rings. The number of aryl methyl sites for hydroxylation is 3. The number of hydrogen-bond donors (Lipinski definition) is 1. The van der Waals surface area contributed by atoms with Gasteiger partial charge in [0.15, 0.2) is 4.34 Å². The zero-order valence-electron chi connectivity index (χ0n) is 13.4. The molecule has 0 aliphatic carbocycles. The third-order valence-electron chi connectivity index (χ3n) is 3.33. The summed E-state index contributed by atoms with van der Waals surface area (Å²) in [6, 6.07) is 4.07. The normalized spacial score (nSPS) is 11.0. The maximum absolute atomic E-state index is 12.2. The van der Waals surface area contributed by atoms with Crippen LogP contribution >= 0.6 is 23.1 Å². The molecule has 3 rings (SSSR count). The van der Waals surface area contributed by atoms with Gasteiger partial charge in [0.2, 0.25) is 10.9 Å². The fourth-order valence-electron chi connectivity index (χ4n) is 2.39. The highest BCUT2D eigenvalue weighted by atomic mass is 32.2. The summed E-state index contributed by atoms with van der Waals surface area (Å²) in [7, 11) is 0. The second kappa shape index (κ2) is 6.70. The first kappa shape index (κ1) is 16.6. The van der Waals surface area contributed by atoms with Gasteiger partial charge in [-0.15, -0.1) is 10.2 Å². The number of nitrogens with one attached hydrogen (secondary N) is 1. The van der Waals surface area contributed by atoms with Gasteiger partial charge in [-0.2, -0.15) is 9.61 Å². The Morgan fingerprint density at radius 1 is 1.29 bits per heavy atom. The van der Waals surface area contributed by atoms with Crippen molar-refractivity contribution in [3.05, 3.63) is 45.4 Å². The van der Waals surface area contributed by atoms with Gasteiger partial charge in [-0.05, 0) is 31.9 Å². The van der Waals surface area contributed by atoms with Crippen LogP contribution < -0.4 is 10.9 Å². The average Bonchev–Trinajstić information content (AvgIpc) is 2.93. The SMILES string of the molecule is Cc1cc(C)c(NC(=O)CSc2nn3c(=O)cnnc3s2)c(C)c1. The molecular weight excluding hydrogens is 346 g/mol. The Bertz CT molecular complexity index is 956. The summed E-state index contributed by atoms with van der Waals surface area (Å²) in [6.45, 7) is 5.97. The van der Waals surface area contributed by atoms with E-state index in [9.17, 15) is 9.59 Å². The minimum Gasteiger partial charge on any atom is -0.325 e. The maximum Gasteiger partial charge on any atom is 0.293 e. The van der Waals surface area contributed by atoms with E-state index < -0.39 is 0 Å². The second-order valence-corrected chi connectivity index (χ2v) is 7.53. The summed E-state index contributed by atoms with van der Waals surface area (Å²) in [6.07, 6.45) is 1.11. The Hall–Kier alpha value is -2.26. The monoisotopic (exact) mass is 361 g/mol. The van der Waals surface area contributed by atoms with E-state index in [0.717, 1.165) is 23.0 Å². The van der Waals surface area contributed by atoms with E-state index in [1.807, 2.05) is 32.9 Å². The maximum atomic E-state index is 12.2. The fourth-order valence-corrected chi connectivity index (χ4v) is 4.08. The number of anilines is 1. The summed E-state index contributed by atoms with van der Waals surface area (Å²) in [5.74, 6) is 0.0853. The molecule has 1 aromatic carbocycles. The van der Waals surface area contributed by atoms with Crippen LogP contribution in [0.4, 0.5) is 5.69 Å². The highest BCUT2D eigenvalue weighted by molar-refractivity contribution is 8.01. The minimum absolute atomic E-state index is 0.118. The molecule has 0 unspecified atom stereocenters. The number of aromatic nitrogens is 4. The number of rotatable bonds is 4. The standard InChI is InChI=1S/C15H15N5O2S2/c1-8-4-9(2)13(10(3)5-8)17-11(21)7-23-15-19-20-12(22)6-16-18-14(20)24-15/h4-6H,7H2,1-3H3,(H,17,21). The second-order valence-electron chi connectivity index (χ2n) is 5.36. The molecule has 124 valence electrons. The number of amides is 1. The Labute approximate surface area is 146 Å². The fraction of sp³-hybridized carbons (Fsp3) is 0.267. The van der Waals surface area contributed by atoms with Gasteiger partial charge < -0.3 is 5.32 Å². The Balaban J connectivity index is 1.69. The van der Waals surface area contributed by atoms with Crippen molar-refractivity contribution in [1.82, 2.24) is 19.8 Å². The Morgan fingerprint density at radius 2 is 2.00 bits per heavy atom. The van der Waals surface area contributed by atoms with Crippen LogP contribution in [-0.4, -0.2) is 31.5 Å². The van der Waals surface area contributed by atoms with E-state index in [0.29, 0.717) is 9.30 Å². The number of thioether (sulfide) groups is 1. The zero-order chi connectivity index (χ0) is 17.3. The van der Waals surface area contributed by atoms with Crippen LogP contribution in [0.2, 0.25) is 0 Å². The molecular formula is C15H15N5O2S2. The number of carbonyl (C=O) groups is 1. The number of nitrogens with zero attached hydrogens (tertiary/aromatic N) is 4. The van der Waals surface area contributed by atoms with E-state index in [-0.39, 0.29) is 17.2 Å². The van der Waals surface area contributed by atoms with E-state index in [2.05, 4.69) is 20.6 Å². The van der Waals surface area contributed by atoms with Crippen molar-refractivity contribution in [3.63, 3.8) is 0 Å². The van der Waals surface area contributed by atoms with Crippen LogP contribution in [0.3, 0.4) is 0 Å². The third kappa shape index (κ3) is 3.46. The number of fused-ring (bicyclic) bond motifs is 1. The van der Waals surface area contributed by atoms with E-state index >= 15 is 0 Å². The van der Waals surface area contributed by atoms with Gasteiger partial charge in [-0.25, -0.2) is 0 Å². The van der Waals surface area contributed by atoms with Gasteiger partial charge in [0.1, 0.15) is 6.20 Å². The van der Waals surface area contributed by atoms with Crippen LogP contribution in [-0.2, 0) is 4.79 Å². The van der Waals surface area contributed by atoms with Gasteiger partial charge in [0.05, 0.1) is 5.75 Å². The van der Waals surface area contributed by atoms with Gasteiger partial charge in [0.25, 0.3) is 5.56 Å². The van der Waals surface area contributed by atoms with E-state index in [4.69, 9.17) is 0 Å². The summed E-state index contributed by atoms with van der Waals surface area (Å²) in [5, 5.41) is 14.5. The number of hydrogen-bond acceptors (Lipinski definition) is 7. The van der Waals surface area contributed by atoms with Crippen molar-refractivity contribution in [1.29, 1.82) is 0 Å². The van der Waals surface area contributed by atoms with Gasteiger partial charge in [-0.1, -0.05) is 40.8 Å². The zero-order valence-corrected chi connectivity index (χ0v) is 15.0. The molecule has 0 atom stereocenters. The lowest BCUT2D eigenvalue weighted by atomic mass is 10.1. The number of carbonyl (C=O) groups excluding carboxylic acids is 1. The number of benzene rings is 1. The first-order valence-corrected chi connectivity index (χ1v) is 8.96. The molecule has 1 N–H and O–H groups in total. The smallest absolute Gasteiger partial charge is 0.293 e. The summed E-state index contributed by atoms with van der Waals surface area (Å²) in [5.41, 5.74) is 3.75. The molecule has 24 heavy (non-hydrogen) atoms. The van der Waals surface area contributed by atoms with Crippen molar-refractivity contribution in [3.8, 4) is 0 Å². The van der Waals surface area contributed by atoms with Crippen molar-refractivity contribution in [2.24, 2.45) is 0 Å². The average molecular weight is 361 g/mol. The lowest BCUT2D eigenvalue weighted by molar-refractivity contribution is -0.113. The van der Waals surface area contributed by atoms with E-state index in [1.165, 1.54) is 33.2 Å². The molecule has 3 aromatic rings. The van der Waals surface area contributed by atoms with Crippen LogP contribution in [0.1, 0.15) is 16.7 Å². The molecule has 0 spiro atoms. The molecule has 1 amide bonds. The predicted molar refractivity (Wildman–Crippen MR) is 94.9 cm³/mol. The highest BCUT2D eigenvalue weighted by Gasteiger charge is 2.12. The molecule has 0 fully saturated rings. The van der Waals surface area contributed by atoms with Crippen molar-refractivity contribution in [2.75, 3.05) is 11.1 Å². The van der Waals surface area contributed by atoms with E-state index in [1.54, 1.807) is 0 Å². The molecule has 0 bridgehead atoms. The lowest BCUT2D eigenvalue weighted by Crippen LogP contribution is -2.16.